The van der Waals surface area contributed by atoms with Crippen LogP contribution in [0.25, 0.3) is 0 Å². The molecule has 4 heteroatoms. The minimum Gasteiger partial charge on any atom is -0.325 e. The minimum atomic E-state index is -0.224. The summed E-state index contributed by atoms with van der Waals surface area (Å²) in [6.07, 6.45) is 4.38. The van der Waals surface area contributed by atoms with E-state index in [-0.39, 0.29) is 23.0 Å². The molecule has 3 rings (SSSR count). The number of thioether (sulfide) groups is 1. The van der Waals surface area contributed by atoms with Crippen molar-refractivity contribution in [3.63, 3.8) is 0 Å². The van der Waals surface area contributed by atoms with Crippen molar-refractivity contribution < 1.29 is 9.18 Å². The number of rotatable bonds is 2. The normalized spacial score (nSPS) is 24.1. The van der Waals surface area contributed by atoms with E-state index in [1.807, 2.05) is 11.0 Å². The number of hydrogen-bond donors (Lipinski definition) is 0. The molecule has 2 fully saturated rings. The van der Waals surface area contributed by atoms with Crippen molar-refractivity contribution >= 4 is 17.7 Å². The molecule has 1 atom stereocenters. The molecule has 1 aliphatic heterocycles. The highest BCUT2D eigenvalue weighted by molar-refractivity contribution is 7.99. The van der Waals surface area contributed by atoms with E-state index in [1.165, 1.54) is 18.9 Å². The number of carbonyl (C=O) groups excluding carboxylic acids is 1. The first-order chi connectivity index (χ1) is 9.25. The average Bonchev–Trinajstić information content (AvgIpc) is 3.09. The number of halogens is 1. The van der Waals surface area contributed by atoms with Crippen molar-refractivity contribution in [3.8, 4) is 0 Å². The third-order valence-corrected chi connectivity index (χ3v) is 5.27. The highest BCUT2D eigenvalue weighted by Gasteiger charge is 2.35. The Bertz CT molecular complexity index is 473. The molecule has 0 N–H and O–H groups in total. The van der Waals surface area contributed by atoms with Crippen molar-refractivity contribution in [1.82, 2.24) is 4.90 Å². The Balaban J connectivity index is 1.79. The van der Waals surface area contributed by atoms with E-state index in [0.717, 1.165) is 30.7 Å². The Hall–Kier alpha value is -1.03. The van der Waals surface area contributed by atoms with Crippen LogP contribution in [-0.4, -0.2) is 23.1 Å². The minimum absolute atomic E-state index is 0.00352. The van der Waals surface area contributed by atoms with Gasteiger partial charge in [-0.3, -0.25) is 4.79 Å². The Kier molecular flexibility index (Phi) is 3.78. The largest absolute Gasteiger partial charge is 0.325 e. The highest BCUT2D eigenvalue weighted by atomic mass is 32.2. The predicted octanol–water partition coefficient (Wildman–Crippen LogP) is 3.59. The molecule has 19 heavy (non-hydrogen) atoms. The molecule has 0 spiro atoms. The van der Waals surface area contributed by atoms with Crippen LogP contribution in [0.3, 0.4) is 0 Å². The fraction of sp³-hybridized carbons (Fsp3) is 0.533. The summed E-state index contributed by atoms with van der Waals surface area (Å²) in [4.78, 5) is 14.5. The van der Waals surface area contributed by atoms with Crippen molar-refractivity contribution in [3.05, 3.63) is 35.6 Å². The lowest BCUT2D eigenvalue weighted by atomic mass is 10.1. The molecular formula is C15H18FNOS. The van der Waals surface area contributed by atoms with Crippen molar-refractivity contribution in [2.45, 2.75) is 31.1 Å². The lowest BCUT2D eigenvalue weighted by molar-refractivity contribution is -0.135. The summed E-state index contributed by atoms with van der Waals surface area (Å²) >= 11 is 1.74. The van der Waals surface area contributed by atoms with E-state index < -0.39 is 0 Å². The van der Waals surface area contributed by atoms with Gasteiger partial charge >= 0.3 is 0 Å². The van der Waals surface area contributed by atoms with Crippen LogP contribution in [0.4, 0.5) is 4.39 Å². The molecule has 1 saturated carbocycles. The fourth-order valence-corrected chi connectivity index (χ4v) is 4.29. The molecule has 2 aliphatic rings. The van der Waals surface area contributed by atoms with Crippen LogP contribution >= 0.6 is 11.8 Å². The average molecular weight is 279 g/mol. The van der Waals surface area contributed by atoms with Gasteiger partial charge in [0, 0.05) is 18.2 Å². The first-order valence-corrected chi connectivity index (χ1v) is 7.98. The Labute approximate surface area is 117 Å². The second kappa shape index (κ2) is 5.53. The number of benzene rings is 1. The van der Waals surface area contributed by atoms with Gasteiger partial charge in [0.25, 0.3) is 0 Å². The number of hydrogen-bond acceptors (Lipinski definition) is 2. The Morgan fingerprint density at radius 2 is 2.11 bits per heavy atom. The van der Waals surface area contributed by atoms with Gasteiger partial charge in [-0.15, -0.1) is 11.8 Å². The predicted molar refractivity (Wildman–Crippen MR) is 75.3 cm³/mol. The standard InChI is InChI=1S/C15H18FNOS/c16-13-7-3-6-12(10-13)15-17(8-9-19-15)14(18)11-4-1-2-5-11/h3,6-7,10-11,15H,1-2,4-5,8-9H2/t15-/m1/s1. The molecule has 1 aliphatic carbocycles. The van der Waals surface area contributed by atoms with Crippen molar-refractivity contribution in [2.24, 2.45) is 5.92 Å². The maximum absolute atomic E-state index is 13.3. The van der Waals surface area contributed by atoms with Gasteiger partial charge in [-0.1, -0.05) is 25.0 Å². The van der Waals surface area contributed by atoms with E-state index in [1.54, 1.807) is 23.9 Å². The van der Waals surface area contributed by atoms with Crippen LogP contribution in [-0.2, 0) is 4.79 Å². The quantitative estimate of drug-likeness (QED) is 0.824. The van der Waals surface area contributed by atoms with Gasteiger partial charge in [-0.25, -0.2) is 4.39 Å². The molecule has 1 saturated heterocycles. The zero-order valence-electron chi connectivity index (χ0n) is 10.8. The van der Waals surface area contributed by atoms with Crippen LogP contribution in [0.1, 0.15) is 36.6 Å². The van der Waals surface area contributed by atoms with Crippen molar-refractivity contribution in [1.29, 1.82) is 0 Å². The molecule has 0 aromatic heterocycles. The molecule has 2 nitrogen and oxygen atoms in total. The topological polar surface area (TPSA) is 20.3 Å². The number of carbonyl (C=O) groups is 1. The summed E-state index contributed by atoms with van der Waals surface area (Å²) < 4.78 is 13.3. The van der Waals surface area contributed by atoms with E-state index in [9.17, 15) is 9.18 Å². The molecule has 0 bridgehead atoms. The van der Waals surface area contributed by atoms with Crippen LogP contribution in [0.15, 0.2) is 24.3 Å². The second-order valence-electron chi connectivity index (χ2n) is 5.29. The highest BCUT2D eigenvalue weighted by Crippen LogP contribution is 2.40. The second-order valence-corrected chi connectivity index (χ2v) is 6.48. The van der Waals surface area contributed by atoms with Crippen molar-refractivity contribution in [2.75, 3.05) is 12.3 Å². The van der Waals surface area contributed by atoms with Gasteiger partial charge in [-0.2, -0.15) is 0 Å². The lowest BCUT2D eigenvalue weighted by Gasteiger charge is -2.26. The first kappa shape index (κ1) is 13.0. The van der Waals surface area contributed by atoms with E-state index in [0.29, 0.717) is 0 Å². The molecule has 0 unspecified atom stereocenters. The third-order valence-electron chi connectivity index (χ3n) is 4.01. The zero-order valence-corrected chi connectivity index (χ0v) is 11.7. The molecule has 102 valence electrons. The summed E-state index contributed by atoms with van der Waals surface area (Å²) in [6, 6.07) is 6.65. The Morgan fingerprint density at radius 1 is 1.32 bits per heavy atom. The summed E-state index contributed by atoms with van der Waals surface area (Å²) in [5.41, 5.74) is 0.911. The maximum atomic E-state index is 13.3. The van der Waals surface area contributed by atoms with Gasteiger partial charge in [-0.05, 0) is 30.5 Å². The summed E-state index contributed by atoms with van der Waals surface area (Å²) in [5.74, 6) is 1.20. The maximum Gasteiger partial charge on any atom is 0.226 e. The van der Waals surface area contributed by atoms with Crippen LogP contribution < -0.4 is 0 Å². The third kappa shape index (κ3) is 2.64. The fourth-order valence-electron chi connectivity index (χ4n) is 3.04. The Morgan fingerprint density at radius 3 is 2.84 bits per heavy atom. The molecule has 1 heterocycles. The first-order valence-electron chi connectivity index (χ1n) is 6.93. The summed E-state index contributed by atoms with van der Waals surface area (Å²) in [6.45, 7) is 0.793. The van der Waals surface area contributed by atoms with Gasteiger partial charge < -0.3 is 4.90 Å². The molecule has 1 aromatic carbocycles. The molecule has 1 aromatic rings. The van der Waals surface area contributed by atoms with Crippen LogP contribution in [0.5, 0.6) is 0 Å². The van der Waals surface area contributed by atoms with E-state index >= 15 is 0 Å². The summed E-state index contributed by atoms with van der Waals surface area (Å²) in [7, 11) is 0. The summed E-state index contributed by atoms with van der Waals surface area (Å²) in [5, 5.41) is 0.00352. The zero-order chi connectivity index (χ0) is 13.2. The monoisotopic (exact) mass is 279 g/mol. The molecule has 0 radical (unpaired) electrons. The van der Waals surface area contributed by atoms with Gasteiger partial charge in [0.1, 0.15) is 11.2 Å². The van der Waals surface area contributed by atoms with Gasteiger partial charge in [0.15, 0.2) is 0 Å². The lowest BCUT2D eigenvalue weighted by Crippen LogP contribution is -2.34. The molecular weight excluding hydrogens is 261 g/mol. The number of amides is 1. The van der Waals surface area contributed by atoms with E-state index in [4.69, 9.17) is 0 Å². The van der Waals surface area contributed by atoms with Crippen LogP contribution in [0.2, 0.25) is 0 Å². The SMILES string of the molecule is O=C(C1CCCC1)N1CCS[C@@H]1c1cccc(F)c1. The van der Waals surface area contributed by atoms with E-state index in [2.05, 4.69) is 0 Å². The number of nitrogens with zero attached hydrogens (tertiary/aromatic N) is 1. The smallest absolute Gasteiger partial charge is 0.226 e. The van der Waals surface area contributed by atoms with Crippen LogP contribution in [0, 0.1) is 11.7 Å². The molecule has 1 amide bonds. The van der Waals surface area contributed by atoms with Gasteiger partial charge in [0.2, 0.25) is 5.91 Å². The van der Waals surface area contributed by atoms with Gasteiger partial charge in [0.05, 0.1) is 0 Å².